The summed E-state index contributed by atoms with van der Waals surface area (Å²) >= 11 is 6.25. The molecule has 1 aliphatic rings. The minimum absolute atomic E-state index is 0.0201. The van der Waals surface area contributed by atoms with Crippen LogP contribution >= 0.6 is 11.6 Å². The average Bonchev–Trinajstić information content (AvgIpc) is 3.06. The first-order valence-electron chi connectivity index (χ1n) is 10.3. The maximum atomic E-state index is 13.4. The molecule has 0 fully saturated rings. The predicted molar refractivity (Wildman–Crippen MR) is 129 cm³/mol. The zero-order valence-electron chi connectivity index (χ0n) is 18.9. The van der Waals surface area contributed by atoms with Crippen molar-refractivity contribution >= 4 is 44.8 Å². The number of amides is 2. The highest BCUT2D eigenvalue weighted by Gasteiger charge is 2.42. The first-order valence-corrected chi connectivity index (χ1v) is 12.1. The molecule has 3 aromatic rings. The largest absolute Gasteiger partial charge is 0.494 e. The van der Waals surface area contributed by atoms with E-state index in [0.29, 0.717) is 0 Å². The second-order valence-electron chi connectivity index (χ2n) is 8.72. The van der Waals surface area contributed by atoms with Crippen molar-refractivity contribution < 1.29 is 22.7 Å². The van der Waals surface area contributed by atoms with Gasteiger partial charge in [0.05, 0.1) is 40.0 Å². The summed E-state index contributed by atoms with van der Waals surface area (Å²) in [6, 6.07) is 10.7. The molecule has 2 heterocycles. The van der Waals surface area contributed by atoms with E-state index in [1.165, 1.54) is 49.8 Å². The van der Waals surface area contributed by atoms with E-state index in [0.717, 1.165) is 10.5 Å². The number of methoxy groups -OCH3 is 1. The van der Waals surface area contributed by atoms with E-state index in [1.807, 2.05) is 20.8 Å². The number of sulfonamides is 1. The van der Waals surface area contributed by atoms with Gasteiger partial charge in [0.15, 0.2) is 0 Å². The molecule has 1 N–H and O–H groups in total. The van der Waals surface area contributed by atoms with Gasteiger partial charge in [-0.15, -0.1) is 0 Å². The lowest BCUT2D eigenvalue weighted by molar-refractivity contribution is 0.0925. The van der Waals surface area contributed by atoms with Crippen LogP contribution in [-0.2, 0) is 15.4 Å². The van der Waals surface area contributed by atoms with Gasteiger partial charge < -0.3 is 4.74 Å². The monoisotopic (exact) mass is 499 g/mol. The number of hydrogen-bond acceptors (Lipinski definition) is 6. The van der Waals surface area contributed by atoms with Crippen LogP contribution in [0.5, 0.6) is 5.75 Å². The van der Waals surface area contributed by atoms with Crippen molar-refractivity contribution in [1.82, 2.24) is 4.98 Å². The number of imide groups is 1. The van der Waals surface area contributed by atoms with Crippen LogP contribution in [0.1, 0.15) is 47.1 Å². The van der Waals surface area contributed by atoms with Crippen molar-refractivity contribution in [3.8, 4) is 5.75 Å². The predicted octanol–water partition coefficient (Wildman–Crippen LogP) is 4.64. The molecular formula is C24H22ClN3O5S. The van der Waals surface area contributed by atoms with Gasteiger partial charge in [-0.2, -0.15) is 0 Å². The highest BCUT2D eigenvalue weighted by atomic mass is 35.5. The Labute approximate surface area is 202 Å². The molecule has 0 radical (unpaired) electrons. The number of rotatable bonds is 5. The number of carbonyl (C=O) groups excluding carboxylic acids is 2. The van der Waals surface area contributed by atoms with Crippen molar-refractivity contribution in [3.63, 3.8) is 0 Å². The third-order valence-corrected chi connectivity index (χ3v) is 7.18. The number of halogens is 1. The molecule has 0 bridgehead atoms. The van der Waals surface area contributed by atoms with Crippen LogP contribution in [0.2, 0.25) is 5.02 Å². The maximum Gasteiger partial charge on any atom is 0.268 e. The molecule has 0 saturated heterocycles. The Morgan fingerprint density at radius 3 is 2.24 bits per heavy atom. The summed E-state index contributed by atoms with van der Waals surface area (Å²) in [6.45, 7) is 6.08. The fourth-order valence-corrected chi connectivity index (χ4v) is 4.99. The quantitative estimate of drug-likeness (QED) is 0.512. The van der Waals surface area contributed by atoms with E-state index in [9.17, 15) is 18.0 Å². The number of carbonyl (C=O) groups is 2. The third kappa shape index (κ3) is 4.01. The fourth-order valence-electron chi connectivity index (χ4n) is 3.68. The van der Waals surface area contributed by atoms with Crippen LogP contribution in [0, 0.1) is 0 Å². The molecular weight excluding hydrogens is 478 g/mol. The normalized spacial score (nSPS) is 13.7. The van der Waals surface area contributed by atoms with E-state index >= 15 is 0 Å². The van der Waals surface area contributed by atoms with Crippen LogP contribution in [0.15, 0.2) is 59.8 Å². The summed E-state index contributed by atoms with van der Waals surface area (Å²) in [5.74, 6) is -1.19. The smallest absolute Gasteiger partial charge is 0.268 e. The van der Waals surface area contributed by atoms with Crippen molar-refractivity contribution in [1.29, 1.82) is 0 Å². The van der Waals surface area contributed by atoms with Crippen LogP contribution in [0.25, 0.3) is 0 Å². The topological polar surface area (TPSA) is 106 Å². The molecule has 10 heteroatoms. The van der Waals surface area contributed by atoms with Crippen molar-refractivity contribution in [2.75, 3.05) is 16.7 Å². The second kappa shape index (κ2) is 8.41. The Morgan fingerprint density at radius 1 is 0.971 bits per heavy atom. The molecule has 0 saturated carbocycles. The molecule has 0 aliphatic carbocycles. The summed E-state index contributed by atoms with van der Waals surface area (Å²) in [7, 11) is -2.66. The maximum absolute atomic E-state index is 13.4. The number of aromatic nitrogens is 1. The molecule has 8 nitrogen and oxygen atoms in total. The van der Waals surface area contributed by atoms with Crippen molar-refractivity contribution in [2.24, 2.45) is 0 Å². The van der Waals surface area contributed by atoms with E-state index in [2.05, 4.69) is 9.71 Å². The van der Waals surface area contributed by atoms with Gasteiger partial charge in [0.25, 0.3) is 21.8 Å². The highest BCUT2D eigenvalue weighted by molar-refractivity contribution is 7.92. The fraction of sp³-hybridized carbons (Fsp3) is 0.208. The molecule has 1 aliphatic heterocycles. The van der Waals surface area contributed by atoms with Crippen LogP contribution < -0.4 is 14.4 Å². The van der Waals surface area contributed by atoms with Crippen molar-refractivity contribution in [3.05, 3.63) is 76.6 Å². The van der Waals surface area contributed by atoms with E-state index < -0.39 is 21.8 Å². The van der Waals surface area contributed by atoms with Gasteiger partial charge in [-0.25, -0.2) is 13.3 Å². The molecule has 176 valence electrons. The zero-order chi connectivity index (χ0) is 24.8. The minimum Gasteiger partial charge on any atom is -0.494 e. The molecule has 0 spiro atoms. The molecule has 4 rings (SSSR count). The van der Waals surface area contributed by atoms with Gasteiger partial charge in [0, 0.05) is 12.3 Å². The number of nitrogens with one attached hydrogen (secondary N) is 1. The minimum atomic E-state index is -4.06. The summed E-state index contributed by atoms with van der Waals surface area (Å²) in [5.41, 5.74) is 0.665. The molecule has 2 aromatic carbocycles. The Hall–Kier alpha value is -3.43. The van der Waals surface area contributed by atoms with Crippen LogP contribution in [0.4, 0.5) is 11.4 Å². The standard InChI is InChI=1S/C24H22ClN3O5S/c1-24(2,3)14-5-7-15(8-6-14)34(31,32)27-17-10-9-16(25)20-21(17)23(30)28(22(20)29)18-13-26-12-11-19(18)33-4/h5-13,27H,1-4H3. The van der Waals surface area contributed by atoms with Gasteiger partial charge >= 0.3 is 0 Å². The Balaban J connectivity index is 1.75. The lowest BCUT2D eigenvalue weighted by atomic mass is 9.87. The van der Waals surface area contributed by atoms with Crippen LogP contribution in [-0.4, -0.2) is 32.3 Å². The number of fused-ring (bicyclic) bond motifs is 1. The van der Waals surface area contributed by atoms with E-state index in [4.69, 9.17) is 16.3 Å². The lowest BCUT2D eigenvalue weighted by Crippen LogP contribution is -2.30. The number of hydrogen-bond donors (Lipinski definition) is 1. The Kier molecular flexibility index (Phi) is 5.87. The molecule has 1 aromatic heterocycles. The van der Waals surface area contributed by atoms with Gasteiger partial charge in [-0.05, 0) is 35.2 Å². The summed E-state index contributed by atoms with van der Waals surface area (Å²) < 4.78 is 33.9. The number of anilines is 2. The Morgan fingerprint density at radius 2 is 1.62 bits per heavy atom. The first kappa shape index (κ1) is 23.7. The van der Waals surface area contributed by atoms with Gasteiger partial charge in [0.2, 0.25) is 0 Å². The van der Waals surface area contributed by atoms with Crippen molar-refractivity contribution in [2.45, 2.75) is 31.1 Å². The van der Waals surface area contributed by atoms with Crippen LogP contribution in [0.3, 0.4) is 0 Å². The lowest BCUT2D eigenvalue weighted by Gasteiger charge is -2.19. The SMILES string of the molecule is COc1ccncc1N1C(=O)c2c(Cl)ccc(NS(=O)(=O)c3ccc(C(C)(C)C)cc3)c2C1=O. The first-order chi connectivity index (χ1) is 16.0. The number of benzene rings is 2. The molecule has 2 amide bonds. The average molecular weight is 500 g/mol. The van der Waals surface area contributed by atoms with E-state index in [-0.39, 0.29) is 43.6 Å². The highest BCUT2D eigenvalue weighted by Crippen LogP contribution is 2.40. The van der Waals surface area contributed by atoms with Gasteiger partial charge in [-0.3, -0.25) is 19.3 Å². The summed E-state index contributed by atoms with van der Waals surface area (Å²) in [4.78, 5) is 31.4. The summed E-state index contributed by atoms with van der Waals surface area (Å²) in [6.07, 6.45) is 2.77. The molecule has 34 heavy (non-hydrogen) atoms. The zero-order valence-corrected chi connectivity index (χ0v) is 20.5. The number of nitrogens with zero attached hydrogens (tertiary/aromatic N) is 2. The summed E-state index contributed by atoms with van der Waals surface area (Å²) in [5, 5.41) is 0.0242. The number of pyridine rings is 1. The van der Waals surface area contributed by atoms with Gasteiger partial charge in [0.1, 0.15) is 11.4 Å². The van der Waals surface area contributed by atoms with Gasteiger partial charge in [-0.1, -0.05) is 44.5 Å². The second-order valence-corrected chi connectivity index (χ2v) is 10.8. The Bertz CT molecular complexity index is 1410. The van der Waals surface area contributed by atoms with E-state index in [1.54, 1.807) is 12.1 Å². The number of ether oxygens (including phenoxy) is 1. The molecule has 0 atom stereocenters. The third-order valence-electron chi connectivity index (χ3n) is 5.49. The molecule has 0 unspecified atom stereocenters.